The number of halogens is 3. The molecule has 35 heavy (non-hydrogen) atoms. The zero-order valence-electron chi connectivity index (χ0n) is 19.0. The summed E-state index contributed by atoms with van der Waals surface area (Å²) in [7, 11) is 0. The maximum Gasteiger partial charge on any atom is 0.276 e. The second kappa shape index (κ2) is 9.59. The van der Waals surface area contributed by atoms with Crippen molar-refractivity contribution in [2.75, 3.05) is 0 Å². The lowest BCUT2D eigenvalue weighted by atomic mass is 10.1. The van der Waals surface area contributed by atoms with Crippen molar-refractivity contribution in [3.63, 3.8) is 0 Å². The number of hydrogen-bond donors (Lipinski definition) is 1. The predicted octanol–water partition coefficient (Wildman–Crippen LogP) is 4.24. The Balaban J connectivity index is 1.67. The first-order valence-corrected chi connectivity index (χ1v) is 11.2. The molecule has 11 heteroatoms. The molecule has 8 nitrogen and oxygen atoms in total. The molecule has 3 heterocycles. The van der Waals surface area contributed by atoms with E-state index < -0.39 is 22.8 Å². The number of ether oxygens (including phenoxy) is 1. The normalized spacial score (nSPS) is 11.5. The molecule has 1 N–H and O–H groups in total. The molecule has 0 unspecified atom stereocenters. The number of aliphatic hydroxyl groups is 1. The van der Waals surface area contributed by atoms with Gasteiger partial charge in [-0.1, -0.05) is 12.1 Å². The highest BCUT2D eigenvalue weighted by atomic mass is 79.9. The standard InChI is InChI=1S/C24H20BrF2N5O3/c1-13-30-21(35-12-19-17(27)10-15(26)11-29-19)20(25)22(33)32(13)16-6-4-5-14(9-16)18-7-8-28-23(31-18)24(2,3)34/h4-11,34H,12H2,1-3H3. The first kappa shape index (κ1) is 24.6. The van der Waals surface area contributed by atoms with Crippen LogP contribution in [0.25, 0.3) is 16.9 Å². The summed E-state index contributed by atoms with van der Waals surface area (Å²) in [5.41, 5.74) is 0.0286. The van der Waals surface area contributed by atoms with Crippen molar-refractivity contribution in [3.05, 3.63) is 92.6 Å². The number of aryl methyl sites for hydroxylation is 1. The molecule has 0 amide bonds. The molecule has 0 radical (unpaired) electrons. The van der Waals surface area contributed by atoms with Crippen molar-refractivity contribution in [2.24, 2.45) is 0 Å². The Hall–Kier alpha value is -3.57. The third-order valence-electron chi connectivity index (χ3n) is 5.00. The van der Waals surface area contributed by atoms with Gasteiger partial charge < -0.3 is 9.84 Å². The van der Waals surface area contributed by atoms with E-state index in [4.69, 9.17) is 4.74 Å². The van der Waals surface area contributed by atoms with Crippen LogP contribution in [0.15, 0.2) is 58.1 Å². The first-order valence-electron chi connectivity index (χ1n) is 10.4. The molecule has 0 bridgehead atoms. The van der Waals surface area contributed by atoms with Gasteiger partial charge in [-0.25, -0.2) is 18.7 Å². The summed E-state index contributed by atoms with van der Waals surface area (Å²) < 4.78 is 33.8. The van der Waals surface area contributed by atoms with Gasteiger partial charge in [-0.3, -0.25) is 14.3 Å². The molecule has 0 aliphatic carbocycles. The number of aromatic nitrogens is 5. The Bertz CT molecular complexity index is 1470. The third-order valence-corrected chi connectivity index (χ3v) is 5.68. The van der Waals surface area contributed by atoms with Gasteiger partial charge in [-0.2, -0.15) is 4.98 Å². The summed E-state index contributed by atoms with van der Waals surface area (Å²) >= 11 is 3.22. The highest BCUT2D eigenvalue weighted by Crippen LogP contribution is 2.25. The molecule has 1 aromatic carbocycles. The van der Waals surface area contributed by atoms with Crippen LogP contribution >= 0.6 is 15.9 Å². The van der Waals surface area contributed by atoms with Crippen LogP contribution in [0, 0.1) is 18.6 Å². The minimum atomic E-state index is -1.21. The van der Waals surface area contributed by atoms with Crippen molar-refractivity contribution in [3.8, 4) is 22.8 Å². The van der Waals surface area contributed by atoms with E-state index in [1.165, 1.54) is 4.57 Å². The molecular formula is C24H20BrF2N5O3. The van der Waals surface area contributed by atoms with Crippen LogP contribution in [-0.2, 0) is 12.2 Å². The summed E-state index contributed by atoms with van der Waals surface area (Å²) in [6.45, 7) is 4.48. The van der Waals surface area contributed by atoms with Crippen LogP contribution < -0.4 is 10.3 Å². The topological polar surface area (TPSA) is 103 Å². The average molecular weight is 544 g/mol. The van der Waals surface area contributed by atoms with Gasteiger partial charge in [0.05, 0.1) is 17.6 Å². The lowest BCUT2D eigenvalue weighted by Gasteiger charge is -2.16. The summed E-state index contributed by atoms with van der Waals surface area (Å²) in [6.07, 6.45) is 2.44. The van der Waals surface area contributed by atoms with Gasteiger partial charge >= 0.3 is 0 Å². The van der Waals surface area contributed by atoms with Crippen LogP contribution in [0.2, 0.25) is 0 Å². The fraction of sp³-hybridized carbons (Fsp3) is 0.208. The number of benzene rings is 1. The first-order chi connectivity index (χ1) is 16.5. The molecule has 0 atom stereocenters. The maximum atomic E-state index is 13.9. The van der Waals surface area contributed by atoms with Gasteiger partial charge in [-0.05, 0) is 54.9 Å². The van der Waals surface area contributed by atoms with E-state index in [0.717, 1.165) is 6.20 Å². The van der Waals surface area contributed by atoms with Gasteiger partial charge in [-0.15, -0.1) is 0 Å². The fourth-order valence-corrected chi connectivity index (χ4v) is 3.67. The molecule has 0 saturated heterocycles. The van der Waals surface area contributed by atoms with Crippen LogP contribution in [0.1, 0.15) is 31.2 Å². The molecule has 0 fully saturated rings. The summed E-state index contributed by atoms with van der Waals surface area (Å²) in [5, 5.41) is 10.2. The average Bonchev–Trinajstić information content (AvgIpc) is 2.81. The van der Waals surface area contributed by atoms with Crippen LogP contribution in [0.3, 0.4) is 0 Å². The smallest absolute Gasteiger partial charge is 0.276 e. The quantitative estimate of drug-likeness (QED) is 0.388. The number of rotatable bonds is 6. The lowest BCUT2D eigenvalue weighted by Crippen LogP contribution is -2.24. The second-order valence-corrected chi connectivity index (χ2v) is 8.96. The SMILES string of the molecule is Cc1nc(OCc2ncc(F)cc2F)c(Br)c(=O)n1-c1cccc(-c2ccnc(C(C)(C)O)n2)c1. The molecular weight excluding hydrogens is 524 g/mol. The summed E-state index contributed by atoms with van der Waals surface area (Å²) in [5.74, 6) is -1.12. The molecule has 0 spiro atoms. The second-order valence-electron chi connectivity index (χ2n) is 8.16. The Morgan fingerprint density at radius 3 is 2.63 bits per heavy atom. The monoisotopic (exact) mass is 543 g/mol. The third kappa shape index (κ3) is 5.25. The van der Waals surface area contributed by atoms with E-state index in [1.807, 2.05) is 6.07 Å². The Morgan fingerprint density at radius 1 is 1.14 bits per heavy atom. The molecule has 3 aromatic heterocycles. The number of pyridine rings is 1. The summed E-state index contributed by atoms with van der Waals surface area (Å²) in [6, 6.07) is 9.50. The van der Waals surface area contributed by atoms with Gasteiger partial charge in [0.1, 0.15) is 34.0 Å². The molecule has 0 aliphatic rings. The Labute approximate surface area is 207 Å². The van der Waals surface area contributed by atoms with E-state index >= 15 is 0 Å². The van der Waals surface area contributed by atoms with Crippen LogP contribution in [0.4, 0.5) is 8.78 Å². The minimum absolute atomic E-state index is 0.0300. The van der Waals surface area contributed by atoms with Gasteiger partial charge in [0.15, 0.2) is 11.6 Å². The molecule has 0 aliphatic heterocycles. The predicted molar refractivity (Wildman–Crippen MR) is 127 cm³/mol. The van der Waals surface area contributed by atoms with E-state index in [9.17, 15) is 18.7 Å². The molecule has 180 valence electrons. The van der Waals surface area contributed by atoms with Crippen molar-refractivity contribution < 1.29 is 18.6 Å². The van der Waals surface area contributed by atoms with Gasteiger partial charge in [0.25, 0.3) is 5.56 Å². The zero-order chi connectivity index (χ0) is 25.3. The van der Waals surface area contributed by atoms with Crippen molar-refractivity contribution in [2.45, 2.75) is 33.0 Å². The number of nitrogens with zero attached hydrogens (tertiary/aromatic N) is 5. The van der Waals surface area contributed by atoms with Crippen molar-refractivity contribution >= 4 is 15.9 Å². The Morgan fingerprint density at radius 2 is 1.91 bits per heavy atom. The zero-order valence-corrected chi connectivity index (χ0v) is 20.5. The van der Waals surface area contributed by atoms with E-state index in [-0.39, 0.29) is 28.5 Å². The molecule has 4 rings (SSSR count). The number of hydrogen-bond acceptors (Lipinski definition) is 7. The lowest BCUT2D eigenvalue weighted by molar-refractivity contribution is 0.0688. The maximum absolute atomic E-state index is 13.9. The van der Waals surface area contributed by atoms with E-state index in [1.54, 1.807) is 51.2 Å². The molecule has 0 saturated carbocycles. The highest BCUT2D eigenvalue weighted by Gasteiger charge is 2.21. The van der Waals surface area contributed by atoms with Crippen LogP contribution in [0.5, 0.6) is 5.88 Å². The minimum Gasteiger partial charge on any atom is -0.470 e. The highest BCUT2D eigenvalue weighted by molar-refractivity contribution is 9.10. The van der Waals surface area contributed by atoms with E-state index in [0.29, 0.717) is 28.8 Å². The Kier molecular flexibility index (Phi) is 6.73. The van der Waals surface area contributed by atoms with E-state index in [2.05, 4.69) is 35.9 Å². The van der Waals surface area contributed by atoms with Gasteiger partial charge in [0, 0.05) is 17.8 Å². The van der Waals surface area contributed by atoms with Crippen LogP contribution in [-0.4, -0.2) is 29.6 Å². The fourth-order valence-electron chi connectivity index (χ4n) is 3.29. The van der Waals surface area contributed by atoms with Crippen molar-refractivity contribution in [1.82, 2.24) is 24.5 Å². The van der Waals surface area contributed by atoms with Gasteiger partial charge in [0.2, 0.25) is 5.88 Å². The largest absolute Gasteiger partial charge is 0.470 e. The molecule has 4 aromatic rings. The van der Waals surface area contributed by atoms with Crippen molar-refractivity contribution in [1.29, 1.82) is 0 Å². The summed E-state index contributed by atoms with van der Waals surface area (Å²) in [4.78, 5) is 29.7.